The van der Waals surface area contributed by atoms with Gasteiger partial charge in [-0.3, -0.25) is 5.01 Å². The van der Waals surface area contributed by atoms with Crippen LogP contribution in [0.3, 0.4) is 0 Å². The molecule has 3 aromatic carbocycles. The molecule has 276 valence electrons. The Bertz CT molecular complexity index is 1570. The molecule has 0 radical (unpaired) electrons. The maximum atomic E-state index is 5.69. The van der Waals surface area contributed by atoms with E-state index in [0.29, 0.717) is 23.8 Å². The molecule has 0 saturated heterocycles. The van der Waals surface area contributed by atoms with Gasteiger partial charge in [0.05, 0.1) is 5.69 Å². The smallest absolute Gasteiger partial charge is 0.227 e. The molecular weight excluding hydrogens is 631 g/mol. The van der Waals surface area contributed by atoms with Gasteiger partial charge < -0.3 is 26.3 Å². The van der Waals surface area contributed by atoms with Crippen molar-refractivity contribution in [1.82, 2.24) is 10.0 Å². The van der Waals surface area contributed by atoms with Crippen LogP contribution in [-0.4, -0.2) is 46.7 Å². The van der Waals surface area contributed by atoms with Gasteiger partial charge in [0.2, 0.25) is 5.96 Å². The minimum absolute atomic E-state index is 0.223. The van der Waals surface area contributed by atoms with Gasteiger partial charge in [0.1, 0.15) is 0 Å². The first-order chi connectivity index (χ1) is 24.5. The van der Waals surface area contributed by atoms with Gasteiger partial charge in [-0.1, -0.05) is 41.5 Å². The van der Waals surface area contributed by atoms with Gasteiger partial charge in [-0.15, -0.1) is 5.01 Å². The fourth-order valence-electron chi connectivity index (χ4n) is 7.35. The van der Waals surface area contributed by atoms with Crippen molar-refractivity contribution in [2.24, 2.45) is 22.7 Å². The fourth-order valence-corrected chi connectivity index (χ4v) is 7.35. The van der Waals surface area contributed by atoms with Crippen molar-refractivity contribution in [2.45, 2.75) is 132 Å². The summed E-state index contributed by atoms with van der Waals surface area (Å²) in [5, 5.41) is 18.6. The molecule has 8 bridgehead atoms. The van der Waals surface area contributed by atoms with E-state index in [2.05, 4.69) is 176 Å². The van der Waals surface area contributed by atoms with Gasteiger partial charge in [0.15, 0.2) is 12.6 Å². The van der Waals surface area contributed by atoms with Crippen LogP contribution in [0, 0.1) is 17.8 Å². The van der Waals surface area contributed by atoms with Crippen LogP contribution in [0.5, 0.6) is 0 Å². The number of benzene rings is 3. The molecule has 8 rings (SSSR count). The average molecular weight is 694 g/mol. The fraction of sp³-hybridized carbons (Fsp3) is 0.548. The van der Waals surface area contributed by atoms with Crippen molar-refractivity contribution in [3.63, 3.8) is 0 Å². The number of nitrogens with one attached hydrogen (secondary N) is 4. The first-order valence-electron chi connectivity index (χ1n) is 19.6. The molecule has 9 nitrogen and oxygen atoms in total. The molecule has 0 amide bonds. The number of aliphatic imine (C=N–C) groups is 1. The summed E-state index contributed by atoms with van der Waals surface area (Å²) in [7, 11) is 0. The van der Waals surface area contributed by atoms with Gasteiger partial charge in [0.25, 0.3) is 0 Å². The summed E-state index contributed by atoms with van der Waals surface area (Å²) in [4.78, 5) is 8.18. The molecule has 0 spiro atoms. The highest BCUT2D eigenvalue weighted by Gasteiger charge is 2.46. The molecule has 5 heterocycles. The van der Waals surface area contributed by atoms with Gasteiger partial charge in [-0.05, 0) is 150 Å². The van der Waals surface area contributed by atoms with Crippen LogP contribution < -0.4 is 31.3 Å². The third kappa shape index (κ3) is 8.68. The van der Waals surface area contributed by atoms with E-state index in [0.717, 1.165) is 72.2 Å². The van der Waals surface area contributed by atoms with Crippen molar-refractivity contribution in [1.29, 1.82) is 0 Å². The van der Waals surface area contributed by atoms with Crippen LogP contribution in [0.25, 0.3) is 0 Å². The van der Waals surface area contributed by atoms with Crippen molar-refractivity contribution >= 4 is 40.1 Å². The van der Waals surface area contributed by atoms with Crippen molar-refractivity contribution < 1.29 is 0 Å². The van der Waals surface area contributed by atoms with Crippen molar-refractivity contribution in [3.8, 4) is 0 Å². The number of nitrogens with zero attached hydrogens (tertiary/aromatic N) is 5. The number of hydrazine groups is 2. The standard InChI is InChI=1S/C42H63N9/c1-28(2)10-13-31(7)43-34-16-18-35(19-17-34)44-40-46-41-48(32(8)14-11-29(3)4)38-24-20-36(21-25-38)45-42-49(40)47-37-22-26-39(27-23-37)50(51(41)42)33(9)15-12-30(5)6/h16-33,40,42-45,47H,10-15H2,1-9H3. The summed E-state index contributed by atoms with van der Waals surface area (Å²) >= 11 is 0. The van der Waals surface area contributed by atoms with Crippen LogP contribution in [0.4, 0.5) is 34.1 Å². The van der Waals surface area contributed by atoms with E-state index >= 15 is 0 Å². The van der Waals surface area contributed by atoms with E-state index in [9.17, 15) is 0 Å². The van der Waals surface area contributed by atoms with Gasteiger partial charge >= 0.3 is 0 Å². The first-order valence-corrected chi connectivity index (χ1v) is 19.6. The van der Waals surface area contributed by atoms with Gasteiger partial charge in [-0.25, -0.2) is 10.0 Å². The summed E-state index contributed by atoms with van der Waals surface area (Å²) < 4.78 is 0. The summed E-state index contributed by atoms with van der Waals surface area (Å²) in [6.07, 6.45) is 6.08. The lowest BCUT2D eigenvalue weighted by Crippen LogP contribution is -2.72. The zero-order valence-electron chi connectivity index (χ0n) is 32.5. The topological polar surface area (TPSA) is 73.4 Å². The highest BCUT2D eigenvalue weighted by Crippen LogP contribution is 2.38. The Morgan fingerprint density at radius 3 is 1.78 bits per heavy atom. The second kappa shape index (κ2) is 16.1. The Morgan fingerprint density at radius 2 is 1.16 bits per heavy atom. The molecule has 51 heavy (non-hydrogen) atoms. The number of hydrogen-bond acceptors (Lipinski definition) is 9. The van der Waals surface area contributed by atoms with Gasteiger partial charge in [0, 0.05) is 46.6 Å². The number of anilines is 6. The number of rotatable bonds is 15. The maximum Gasteiger partial charge on any atom is 0.227 e. The molecule has 3 aromatic rings. The third-order valence-electron chi connectivity index (χ3n) is 10.4. The molecule has 6 unspecified atom stereocenters. The largest absolute Gasteiger partial charge is 0.383 e. The van der Waals surface area contributed by atoms with E-state index in [1.807, 2.05) is 0 Å². The van der Waals surface area contributed by atoms with E-state index < -0.39 is 6.29 Å². The molecule has 0 saturated carbocycles. The van der Waals surface area contributed by atoms with Crippen molar-refractivity contribution in [2.75, 3.05) is 31.3 Å². The Hall–Kier alpha value is -4.11. The van der Waals surface area contributed by atoms with Gasteiger partial charge in [-0.2, -0.15) is 0 Å². The zero-order valence-corrected chi connectivity index (χ0v) is 32.5. The lowest BCUT2D eigenvalue weighted by atomic mass is 10.0. The van der Waals surface area contributed by atoms with E-state index in [1.54, 1.807) is 0 Å². The molecule has 0 fully saturated rings. The minimum atomic E-state index is -0.416. The molecule has 9 heteroatoms. The summed E-state index contributed by atoms with van der Waals surface area (Å²) in [5.74, 6) is 2.89. The van der Waals surface area contributed by atoms with Crippen LogP contribution in [0.2, 0.25) is 0 Å². The number of guanidine groups is 1. The Kier molecular flexibility index (Phi) is 11.5. The van der Waals surface area contributed by atoms with Crippen LogP contribution in [-0.2, 0) is 0 Å². The molecular formula is C42H63N9. The highest BCUT2D eigenvalue weighted by atomic mass is 15.8. The molecule has 4 N–H and O–H groups in total. The lowest BCUT2D eigenvalue weighted by Gasteiger charge is -2.54. The van der Waals surface area contributed by atoms with Crippen LogP contribution in [0.1, 0.15) is 101 Å². The van der Waals surface area contributed by atoms with E-state index in [1.165, 1.54) is 6.42 Å². The normalized spacial score (nSPS) is 21.1. The predicted molar refractivity (Wildman–Crippen MR) is 218 cm³/mol. The Morgan fingerprint density at radius 1 is 0.608 bits per heavy atom. The zero-order chi connectivity index (χ0) is 36.2. The molecule has 5 aliphatic rings. The molecule has 6 atom stereocenters. The van der Waals surface area contributed by atoms with E-state index in [-0.39, 0.29) is 18.4 Å². The first kappa shape index (κ1) is 36.7. The minimum Gasteiger partial charge on any atom is -0.383 e. The SMILES string of the molecule is CC(C)CCC(C)Nc1ccc(NC2N=C3N(C(C)CCC(C)C)c4ccc(cc4)NC4N2Nc2ccc(cc2)N(C(C)CCC(C)C)N34)cc1. The van der Waals surface area contributed by atoms with E-state index in [4.69, 9.17) is 4.99 Å². The van der Waals surface area contributed by atoms with Crippen molar-refractivity contribution in [3.05, 3.63) is 72.8 Å². The molecule has 0 aliphatic carbocycles. The predicted octanol–water partition coefficient (Wildman–Crippen LogP) is 10.2. The lowest BCUT2D eigenvalue weighted by molar-refractivity contribution is 0.0733. The summed E-state index contributed by atoms with van der Waals surface area (Å²) in [6.45, 7) is 20.8. The second-order valence-corrected chi connectivity index (χ2v) is 16.4. The Balaban J connectivity index is 1.43. The monoisotopic (exact) mass is 694 g/mol. The second-order valence-electron chi connectivity index (χ2n) is 16.4. The maximum absolute atomic E-state index is 5.69. The number of fused-ring (bicyclic) bond motifs is 4. The molecule has 5 aliphatic heterocycles. The molecule has 0 aromatic heterocycles. The number of hydrogen-bond donors (Lipinski definition) is 4. The highest BCUT2D eigenvalue weighted by molar-refractivity contribution is 5.99. The Labute approximate surface area is 307 Å². The average Bonchev–Trinajstić information content (AvgIpc) is 3.22. The summed E-state index contributed by atoms with van der Waals surface area (Å²) in [6, 6.07) is 27.4. The summed E-state index contributed by atoms with van der Waals surface area (Å²) in [5.41, 5.74) is 10.3. The quantitative estimate of drug-likeness (QED) is 0.125. The van der Waals surface area contributed by atoms with Crippen LogP contribution >= 0.6 is 0 Å². The third-order valence-corrected chi connectivity index (χ3v) is 10.4. The van der Waals surface area contributed by atoms with Crippen LogP contribution in [0.15, 0.2) is 77.8 Å².